The Morgan fingerprint density at radius 1 is 1.43 bits per heavy atom. The molecule has 0 radical (unpaired) electrons. The average molecular weight is 423 g/mol. The second-order valence-electron chi connectivity index (χ2n) is 5.46. The van der Waals surface area contributed by atoms with E-state index in [1.807, 2.05) is 0 Å². The van der Waals surface area contributed by atoms with Gasteiger partial charge in [0.1, 0.15) is 16.8 Å². The second-order valence-corrected chi connectivity index (χ2v) is 7.09. The smallest absolute Gasteiger partial charge is 0.305 e. The zero-order valence-corrected chi connectivity index (χ0v) is 15.4. The van der Waals surface area contributed by atoms with Crippen molar-refractivity contribution in [2.75, 3.05) is 0 Å². The minimum atomic E-state index is -1.09. The van der Waals surface area contributed by atoms with E-state index in [-0.39, 0.29) is 39.4 Å². The summed E-state index contributed by atoms with van der Waals surface area (Å²) in [5.41, 5.74) is 0.0654. The lowest BCUT2D eigenvalue weighted by Crippen LogP contribution is -2.26. The van der Waals surface area contributed by atoms with Crippen molar-refractivity contribution >= 4 is 52.3 Å². The molecule has 0 aliphatic carbocycles. The number of amidine groups is 1. The normalized spacial score (nSPS) is 18.0. The fraction of sp³-hybridized carbons (Fsp3) is 0.125. The first kappa shape index (κ1) is 19.6. The molecule has 2 N–H and O–H groups in total. The van der Waals surface area contributed by atoms with Crippen LogP contribution in [0.15, 0.2) is 45.0 Å². The fourth-order valence-corrected chi connectivity index (χ4v) is 3.40. The van der Waals surface area contributed by atoms with Crippen LogP contribution in [0, 0.1) is 10.1 Å². The molecule has 1 fully saturated rings. The van der Waals surface area contributed by atoms with Crippen molar-refractivity contribution in [1.29, 1.82) is 0 Å². The molecule has 2 aromatic rings. The van der Waals surface area contributed by atoms with E-state index in [0.717, 1.165) is 11.8 Å². The summed E-state index contributed by atoms with van der Waals surface area (Å²) in [4.78, 5) is 32.9. The monoisotopic (exact) mass is 422 g/mol. The minimum Gasteiger partial charge on any atom is -0.481 e. The molecular weight excluding hydrogens is 412 g/mol. The van der Waals surface area contributed by atoms with Gasteiger partial charge in [0.25, 0.3) is 5.69 Å². The van der Waals surface area contributed by atoms with E-state index < -0.39 is 22.0 Å². The number of carbonyl (C=O) groups is 2. The van der Waals surface area contributed by atoms with Gasteiger partial charge in [-0.1, -0.05) is 23.4 Å². The number of carboxylic acids is 1. The van der Waals surface area contributed by atoms with Gasteiger partial charge in [-0.2, -0.15) is 5.10 Å². The Labute approximate surface area is 166 Å². The molecule has 0 unspecified atom stereocenters. The maximum Gasteiger partial charge on any atom is 0.305 e. The highest BCUT2D eigenvalue weighted by molar-refractivity contribution is 8.15. The molecule has 0 spiro atoms. The predicted molar refractivity (Wildman–Crippen MR) is 103 cm³/mol. The lowest BCUT2D eigenvalue weighted by molar-refractivity contribution is -0.384. The number of nitro benzene ring substituents is 1. The molecular formula is C16H11ClN4O6S. The highest BCUT2D eigenvalue weighted by atomic mass is 35.5. The molecule has 1 atom stereocenters. The Kier molecular flexibility index (Phi) is 5.76. The van der Waals surface area contributed by atoms with Crippen LogP contribution in [0.2, 0.25) is 5.02 Å². The molecule has 10 nitrogen and oxygen atoms in total. The minimum absolute atomic E-state index is 0.174. The van der Waals surface area contributed by atoms with E-state index in [4.69, 9.17) is 21.1 Å². The molecule has 1 aromatic carbocycles. The fourth-order valence-electron chi connectivity index (χ4n) is 2.31. The van der Waals surface area contributed by atoms with Crippen molar-refractivity contribution in [3.8, 4) is 11.3 Å². The number of hydrogen-bond donors (Lipinski definition) is 2. The first-order valence-corrected chi connectivity index (χ1v) is 8.93. The number of thioether (sulfide) groups is 1. The number of aliphatic carboxylic acids is 1. The number of furan rings is 1. The molecule has 3 rings (SSSR count). The molecule has 2 heterocycles. The summed E-state index contributed by atoms with van der Waals surface area (Å²) in [5.74, 6) is -1.00. The Hall–Kier alpha value is -3.18. The van der Waals surface area contributed by atoms with Crippen LogP contribution in [0.4, 0.5) is 5.69 Å². The third-order valence-corrected chi connectivity index (χ3v) is 4.83. The van der Waals surface area contributed by atoms with Crippen LogP contribution in [0.3, 0.4) is 0 Å². The summed E-state index contributed by atoms with van der Waals surface area (Å²) >= 11 is 6.76. The van der Waals surface area contributed by atoms with Gasteiger partial charge in [-0.05, 0) is 24.3 Å². The number of halogens is 1. The maximum absolute atomic E-state index is 11.6. The van der Waals surface area contributed by atoms with Crippen LogP contribution < -0.4 is 5.32 Å². The van der Waals surface area contributed by atoms with Crippen molar-refractivity contribution in [3.05, 3.63) is 51.2 Å². The molecule has 0 saturated carbocycles. The summed E-state index contributed by atoms with van der Waals surface area (Å²) in [6, 6.07) is 7.31. The van der Waals surface area contributed by atoms with Gasteiger partial charge in [0.2, 0.25) is 5.91 Å². The van der Waals surface area contributed by atoms with Crippen LogP contribution in [0.1, 0.15) is 12.2 Å². The molecule has 28 heavy (non-hydrogen) atoms. The Morgan fingerprint density at radius 3 is 2.93 bits per heavy atom. The van der Waals surface area contributed by atoms with Gasteiger partial charge in [0.05, 0.1) is 23.1 Å². The number of carboxylic acid groups (broad SMARTS) is 1. The topological polar surface area (TPSA) is 147 Å². The Balaban J connectivity index is 1.73. The zero-order valence-electron chi connectivity index (χ0n) is 13.9. The lowest BCUT2D eigenvalue weighted by atomic mass is 10.1. The summed E-state index contributed by atoms with van der Waals surface area (Å²) in [6.07, 6.45) is 0.941. The first-order chi connectivity index (χ1) is 13.3. The van der Waals surface area contributed by atoms with Crippen LogP contribution in [-0.4, -0.2) is 38.5 Å². The van der Waals surface area contributed by atoms with E-state index in [0.29, 0.717) is 0 Å². The van der Waals surface area contributed by atoms with E-state index in [1.54, 1.807) is 12.1 Å². The summed E-state index contributed by atoms with van der Waals surface area (Å²) < 4.78 is 5.52. The molecule has 1 amide bonds. The number of rotatable bonds is 6. The number of nitrogens with zero attached hydrogens (tertiary/aromatic N) is 3. The molecule has 144 valence electrons. The van der Waals surface area contributed by atoms with Gasteiger partial charge in [-0.25, -0.2) is 0 Å². The van der Waals surface area contributed by atoms with Crippen LogP contribution in [0.5, 0.6) is 0 Å². The Bertz CT molecular complexity index is 1020. The standard InChI is InChI=1S/C16H11ClN4O6S/c17-8-1-3-10(11(5-8)21(25)26)12-4-2-9(27-12)7-18-20-16-19-15(24)13(28-16)6-14(22)23/h1-5,7,13H,6H2,(H,22,23)(H,19,20,24)/b18-7-/t13-/m1/s1. The molecule has 1 aromatic heterocycles. The van der Waals surface area contributed by atoms with Gasteiger partial charge in [-0.3, -0.25) is 19.7 Å². The van der Waals surface area contributed by atoms with E-state index >= 15 is 0 Å². The number of nitrogens with one attached hydrogen (secondary N) is 1. The van der Waals surface area contributed by atoms with Crippen LogP contribution >= 0.6 is 23.4 Å². The van der Waals surface area contributed by atoms with Crippen LogP contribution in [-0.2, 0) is 9.59 Å². The van der Waals surface area contributed by atoms with Crippen molar-refractivity contribution in [2.24, 2.45) is 10.2 Å². The molecule has 12 heteroatoms. The number of carbonyl (C=O) groups excluding carboxylic acids is 1. The molecule has 1 aliphatic heterocycles. The number of amides is 1. The SMILES string of the molecule is O=C(O)C[C@H]1SC(=N/N=C\c2ccc(-c3ccc(Cl)cc3[N+](=O)[O-])o2)NC1=O. The third-order valence-electron chi connectivity index (χ3n) is 3.52. The van der Waals surface area contributed by atoms with Crippen LogP contribution in [0.25, 0.3) is 11.3 Å². The molecule has 0 bridgehead atoms. The quantitative estimate of drug-likeness (QED) is 0.413. The van der Waals surface area contributed by atoms with Gasteiger partial charge >= 0.3 is 5.97 Å². The Morgan fingerprint density at radius 2 is 2.21 bits per heavy atom. The largest absolute Gasteiger partial charge is 0.481 e. The van der Waals surface area contributed by atoms with E-state index in [9.17, 15) is 19.7 Å². The predicted octanol–water partition coefficient (Wildman–Crippen LogP) is 2.90. The van der Waals surface area contributed by atoms with Crippen molar-refractivity contribution < 1.29 is 24.0 Å². The van der Waals surface area contributed by atoms with Gasteiger partial charge in [0.15, 0.2) is 5.17 Å². The second kappa shape index (κ2) is 8.23. The lowest BCUT2D eigenvalue weighted by Gasteiger charge is -2.00. The van der Waals surface area contributed by atoms with E-state index in [1.165, 1.54) is 24.4 Å². The van der Waals surface area contributed by atoms with Crippen molar-refractivity contribution in [1.82, 2.24) is 5.32 Å². The average Bonchev–Trinajstić information content (AvgIpc) is 3.21. The number of benzene rings is 1. The van der Waals surface area contributed by atoms with Gasteiger partial charge in [0, 0.05) is 11.1 Å². The summed E-state index contributed by atoms with van der Waals surface area (Å²) in [6.45, 7) is 0. The molecule has 1 saturated heterocycles. The van der Waals surface area contributed by atoms with Crippen molar-refractivity contribution in [2.45, 2.75) is 11.7 Å². The third kappa shape index (κ3) is 4.56. The molecule has 1 aliphatic rings. The zero-order chi connectivity index (χ0) is 20.3. The van der Waals surface area contributed by atoms with Gasteiger partial charge in [-0.15, -0.1) is 5.10 Å². The highest BCUT2D eigenvalue weighted by Gasteiger charge is 2.32. The number of hydrogen-bond acceptors (Lipinski definition) is 8. The van der Waals surface area contributed by atoms with Gasteiger partial charge < -0.3 is 14.8 Å². The van der Waals surface area contributed by atoms with E-state index in [2.05, 4.69) is 15.5 Å². The maximum atomic E-state index is 11.6. The number of nitro groups is 1. The summed E-state index contributed by atoms with van der Waals surface area (Å²) in [7, 11) is 0. The van der Waals surface area contributed by atoms with Crippen molar-refractivity contribution in [3.63, 3.8) is 0 Å². The first-order valence-electron chi connectivity index (χ1n) is 7.68. The highest BCUT2D eigenvalue weighted by Crippen LogP contribution is 2.33. The summed E-state index contributed by atoms with van der Waals surface area (Å²) in [5, 5.41) is 29.6.